The Labute approximate surface area is 157 Å². The summed E-state index contributed by atoms with van der Waals surface area (Å²) < 4.78 is 12.4. The van der Waals surface area contributed by atoms with Crippen molar-refractivity contribution in [2.75, 3.05) is 13.2 Å². The molecule has 1 aliphatic rings. The molecule has 8 nitrogen and oxygen atoms in total. The first kappa shape index (κ1) is 19.3. The van der Waals surface area contributed by atoms with Crippen molar-refractivity contribution < 1.29 is 14.1 Å². The summed E-state index contributed by atoms with van der Waals surface area (Å²) in [7, 11) is 0. The molecule has 0 aromatic carbocycles. The summed E-state index contributed by atoms with van der Waals surface area (Å²) in [6.45, 7) is 7.10. The van der Waals surface area contributed by atoms with Gasteiger partial charge in [0.05, 0.1) is 11.7 Å². The quantitative estimate of drug-likeness (QED) is 0.796. The molecular formula is C19H26N4O4. The largest absolute Gasteiger partial charge is 0.376 e. The van der Waals surface area contributed by atoms with Crippen molar-refractivity contribution in [2.45, 2.75) is 58.6 Å². The highest BCUT2D eigenvalue weighted by atomic mass is 16.5. The molecule has 1 saturated heterocycles. The number of aromatic nitrogens is 3. The summed E-state index contributed by atoms with van der Waals surface area (Å²) in [6.07, 6.45) is 2.72. The molecule has 0 radical (unpaired) electrons. The highest BCUT2D eigenvalue weighted by Crippen LogP contribution is 2.15. The van der Waals surface area contributed by atoms with Crippen molar-refractivity contribution in [1.29, 1.82) is 0 Å². The third kappa shape index (κ3) is 4.63. The first-order valence-corrected chi connectivity index (χ1v) is 9.39. The topological polar surface area (TPSA) is 99.2 Å². The summed E-state index contributed by atoms with van der Waals surface area (Å²) >= 11 is 0. The number of nitrogens with one attached hydrogen (secondary N) is 1. The molecule has 146 valence electrons. The van der Waals surface area contributed by atoms with Gasteiger partial charge >= 0.3 is 0 Å². The Morgan fingerprint density at radius 2 is 2.22 bits per heavy atom. The molecule has 2 aromatic heterocycles. The van der Waals surface area contributed by atoms with E-state index in [-0.39, 0.29) is 35.9 Å². The van der Waals surface area contributed by atoms with Crippen LogP contribution >= 0.6 is 0 Å². The number of pyridine rings is 1. The Kier molecular flexibility index (Phi) is 6.05. The summed E-state index contributed by atoms with van der Waals surface area (Å²) in [4.78, 5) is 28.9. The summed E-state index contributed by atoms with van der Waals surface area (Å²) in [6, 6.07) is 3.61. The predicted molar refractivity (Wildman–Crippen MR) is 99.4 cm³/mol. The highest BCUT2D eigenvalue weighted by Gasteiger charge is 2.18. The molecule has 3 heterocycles. The zero-order valence-electron chi connectivity index (χ0n) is 16.0. The number of nitrogens with zero attached hydrogens (tertiary/aromatic N) is 3. The van der Waals surface area contributed by atoms with Gasteiger partial charge in [-0.2, -0.15) is 4.98 Å². The summed E-state index contributed by atoms with van der Waals surface area (Å²) in [5, 5.41) is 6.77. The maximum atomic E-state index is 12.7. The number of amides is 1. The fourth-order valence-electron chi connectivity index (χ4n) is 3.27. The van der Waals surface area contributed by atoms with Gasteiger partial charge in [-0.25, -0.2) is 0 Å². The van der Waals surface area contributed by atoms with Gasteiger partial charge in [-0.1, -0.05) is 5.16 Å². The van der Waals surface area contributed by atoms with Crippen LogP contribution in [0, 0.1) is 6.92 Å². The minimum absolute atomic E-state index is 0.0383. The van der Waals surface area contributed by atoms with Crippen molar-refractivity contribution >= 4 is 5.91 Å². The number of hydrogen-bond acceptors (Lipinski definition) is 6. The minimum atomic E-state index is -0.147. The van der Waals surface area contributed by atoms with Crippen LogP contribution in [0.4, 0.5) is 0 Å². The van der Waals surface area contributed by atoms with Crippen LogP contribution in [-0.4, -0.2) is 39.9 Å². The summed E-state index contributed by atoms with van der Waals surface area (Å²) in [5.41, 5.74) is 1.13. The number of ether oxygens (including phenoxy) is 1. The van der Waals surface area contributed by atoms with Crippen molar-refractivity contribution in [3.8, 4) is 11.4 Å². The van der Waals surface area contributed by atoms with Gasteiger partial charge in [0.1, 0.15) is 0 Å². The van der Waals surface area contributed by atoms with E-state index in [9.17, 15) is 9.59 Å². The molecule has 1 unspecified atom stereocenters. The van der Waals surface area contributed by atoms with Crippen molar-refractivity contribution in [1.82, 2.24) is 20.0 Å². The van der Waals surface area contributed by atoms with Gasteiger partial charge in [-0.3, -0.25) is 9.59 Å². The lowest BCUT2D eigenvalue weighted by atomic mass is 10.2. The fraction of sp³-hybridized carbons (Fsp3) is 0.579. The molecular weight excluding hydrogens is 348 g/mol. The Hall–Kier alpha value is -2.48. The summed E-state index contributed by atoms with van der Waals surface area (Å²) in [5.74, 6) is 0.514. The first-order chi connectivity index (χ1) is 13.0. The van der Waals surface area contributed by atoms with Crippen LogP contribution in [0.2, 0.25) is 0 Å². The van der Waals surface area contributed by atoms with Crippen LogP contribution in [0.15, 0.2) is 21.5 Å². The molecule has 2 aromatic rings. The first-order valence-electron chi connectivity index (χ1n) is 9.39. The van der Waals surface area contributed by atoms with E-state index in [1.54, 1.807) is 10.6 Å². The molecule has 0 spiro atoms. The third-order valence-corrected chi connectivity index (χ3v) is 4.66. The molecule has 8 heteroatoms. The Morgan fingerprint density at radius 3 is 2.93 bits per heavy atom. The lowest BCUT2D eigenvalue weighted by Crippen LogP contribution is -2.31. The van der Waals surface area contributed by atoms with Gasteiger partial charge < -0.3 is 19.1 Å². The van der Waals surface area contributed by atoms with Crippen molar-refractivity contribution in [3.05, 3.63) is 34.1 Å². The number of hydrogen-bond donors (Lipinski definition) is 1. The Balaban J connectivity index is 1.61. The number of carbonyl (C=O) groups excluding carboxylic acids is 1. The molecule has 3 rings (SSSR count). The molecule has 1 amide bonds. The maximum Gasteiger partial charge on any atom is 0.262 e. The van der Waals surface area contributed by atoms with Gasteiger partial charge in [-0.05, 0) is 45.7 Å². The molecule has 0 bridgehead atoms. The van der Waals surface area contributed by atoms with Crippen LogP contribution in [0.25, 0.3) is 11.4 Å². The van der Waals surface area contributed by atoms with E-state index >= 15 is 0 Å². The van der Waals surface area contributed by atoms with E-state index < -0.39 is 0 Å². The molecule has 1 atom stereocenters. The molecule has 0 saturated carbocycles. The van der Waals surface area contributed by atoms with E-state index in [0.717, 1.165) is 25.1 Å². The van der Waals surface area contributed by atoms with E-state index in [1.165, 1.54) is 0 Å². The number of aryl methyl sites for hydroxylation is 2. The van der Waals surface area contributed by atoms with E-state index in [1.807, 2.05) is 26.8 Å². The van der Waals surface area contributed by atoms with E-state index in [2.05, 4.69) is 15.5 Å². The second-order valence-electron chi connectivity index (χ2n) is 7.11. The zero-order chi connectivity index (χ0) is 19.4. The van der Waals surface area contributed by atoms with Crippen LogP contribution in [0.1, 0.15) is 50.7 Å². The van der Waals surface area contributed by atoms with Gasteiger partial charge in [0.2, 0.25) is 17.6 Å². The molecule has 0 aliphatic carbocycles. The monoisotopic (exact) mass is 374 g/mol. The van der Waals surface area contributed by atoms with Gasteiger partial charge in [0.25, 0.3) is 5.56 Å². The Morgan fingerprint density at radius 1 is 1.41 bits per heavy atom. The maximum absolute atomic E-state index is 12.7. The standard InChI is InChI=1S/C19H26N4O4/c1-12(2)23-13(3)6-7-15(19(23)25)18-21-17(27-22-18)9-8-16(24)20-11-14-5-4-10-26-14/h6-7,12,14H,4-5,8-11H2,1-3H3,(H,20,24). The van der Waals surface area contributed by atoms with Crippen molar-refractivity contribution in [3.63, 3.8) is 0 Å². The lowest BCUT2D eigenvalue weighted by Gasteiger charge is -2.14. The van der Waals surface area contributed by atoms with Crippen LogP contribution in [0.3, 0.4) is 0 Å². The zero-order valence-corrected chi connectivity index (χ0v) is 16.0. The predicted octanol–water partition coefficient (Wildman–Crippen LogP) is 2.02. The third-order valence-electron chi connectivity index (χ3n) is 4.66. The van der Waals surface area contributed by atoms with Gasteiger partial charge in [0.15, 0.2) is 0 Å². The van der Waals surface area contributed by atoms with Gasteiger partial charge in [0, 0.05) is 37.7 Å². The average Bonchev–Trinajstić information content (AvgIpc) is 3.30. The van der Waals surface area contributed by atoms with Gasteiger partial charge in [-0.15, -0.1) is 0 Å². The second kappa shape index (κ2) is 8.47. The lowest BCUT2D eigenvalue weighted by molar-refractivity contribution is -0.121. The second-order valence-corrected chi connectivity index (χ2v) is 7.11. The normalized spacial score (nSPS) is 16.8. The van der Waals surface area contributed by atoms with Crippen LogP contribution < -0.4 is 10.9 Å². The molecule has 1 N–H and O–H groups in total. The smallest absolute Gasteiger partial charge is 0.262 e. The molecule has 1 aliphatic heterocycles. The van der Waals surface area contributed by atoms with Crippen LogP contribution in [0.5, 0.6) is 0 Å². The molecule has 1 fully saturated rings. The SMILES string of the molecule is Cc1ccc(-c2noc(CCC(=O)NCC3CCCO3)n2)c(=O)n1C(C)C. The Bertz CT molecular complexity index is 850. The minimum Gasteiger partial charge on any atom is -0.376 e. The average molecular weight is 374 g/mol. The van der Waals surface area contributed by atoms with E-state index in [0.29, 0.717) is 24.4 Å². The molecule has 27 heavy (non-hydrogen) atoms. The van der Waals surface area contributed by atoms with E-state index in [4.69, 9.17) is 9.26 Å². The number of rotatable bonds is 7. The van der Waals surface area contributed by atoms with Crippen LogP contribution in [-0.2, 0) is 16.0 Å². The number of carbonyl (C=O) groups is 1. The van der Waals surface area contributed by atoms with Crippen molar-refractivity contribution in [2.24, 2.45) is 0 Å². The highest BCUT2D eigenvalue weighted by molar-refractivity contribution is 5.76. The fourth-order valence-corrected chi connectivity index (χ4v) is 3.27.